The number of carboxylic acids is 1. The highest BCUT2D eigenvalue weighted by Gasteiger charge is 2.18. The van der Waals surface area contributed by atoms with E-state index >= 15 is 0 Å². The number of aliphatic carboxylic acids is 1. The van der Waals surface area contributed by atoms with Crippen molar-refractivity contribution in [3.8, 4) is 0 Å². The highest BCUT2D eigenvalue weighted by atomic mass is 16.4. The first-order chi connectivity index (χ1) is 8.59. The Balaban J connectivity index is 3.36. The topological polar surface area (TPSA) is 40.5 Å². The summed E-state index contributed by atoms with van der Waals surface area (Å²) in [4.78, 5) is 12.8. The van der Waals surface area contributed by atoms with Crippen LogP contribution >= 0.6 is 0 Å². The van der Waals surface area contributed by atoms with Crippen LogP contribution in [0.5, 0.6) is 0 Å². The zero-order chi connectivity index (χ0) is 13.8. The van der Waals surface area contributed by atoms with Gasteiger partial charge in [0.1, 0.15) is 6.04 Å². The second-order valence-corrected chi connectivity index (χ2v) is 5.43. The predicted molar refractivity (Wildman–Crippen MR) is 77.0 cm³/mol. The van der Waals surface area contributed by atoms with Gasteiger partial charge in [0.15, 0.2) is 0 Å². The van der Waals surface area contributed by atoms with E-state index in [4.69, 9.17) is 5.11 Å². The summed E-state index contributed by atoms with van der Waals surface area (Å²) in [6.45, 7) is 2.24. The molecule has 0 aromatic heterocycles. The summed E-state index contributed by atoms with van der Waals surface area (Å²) in [5.41, 5.74) is 0. The van der Waals surface area contributed by atoms with Crippen molar-refractivity contribution in [2.24, 2.45) is 0 Å². The van der Waals surface area contributed by atoms with Crippen molar-refractivity contribution in [2.75, 3.05) is 14.1 Å². The van der Waals surface area contributed by atoms with Gasteiger partial charge < -0.3 is 5.11 Å². The molecule has 0 amide bonds. The fraction of sp³-hybridized carbons (Fsp3) is 0.933. The highest BCUT2D eigenvalue weighted by molar-refractivity contribution is 5.73. The van der Waals surface area contributed by atoms with Gasteiger partial charge in [0, 0.05) is 0 Å². The van der Waals surface area contributed by atoms with E-state index < -0.39 is 5.97 Å². The summed E-state index contributed by atoms with van der Waals surface area (Å²) in [5.74, 6) is -0.695. The van der Waals surface area contributed by atoms with Gasteiger partial charge in [-0.2, -0.15) is 0 Å². The van der Waals surface area contributed by atoms with Crippen LogP contribution in [0, 0.1) is 0 Å². The molecule has 3 heteroatoms. The lowest BCUT2D eigenvalue weighted by atomic mass is 10.0. The van der Waals surface area contributed by atoms with Crippen LogP contribution in [0.25, 0.3) is 0 Å². The number of likely N-dealkylation sites (N-methyl/N-ethyl adjacent to an activating group) is 1. The van der Waals surface area contributed by atoms with E-state index in [-0.39, 0.29) is 6.04 Å². The van der Waals surface area contributed by atoms with Crippen LogP contribution in [0.2, 0.25) is 0 Å². The number of nitrogens with zero attached hydrogens (tertiary/aromatic N) is 1. The maximum atomic E-state index is 11.0. The minimum absolute atomic E-state index is 0.311. The van der Waals surface area contributed by atoms with Gasteiger partial charge in [-0.1, -0.05) is 64.7 Å². The molecular weight excluding hydrogens is 226 g/mol. The molecule has 0 aromatic rings. The zero-order valence-electron chi connectivity index (χ0n) is 12.5. The molecule has 0 heterocycles. The number of carboxylic acid groups (broad SMARTS) is 1. The second-order valence-electron chi connectivity index (χ2n) is 5.43. The molecule has 18 heavy (non-hydrogen) atoms. The molecule has 108 valence electrons. The largest absolute Gasteiger partial charge is 0.480 e. The van der Waals surface area contributed by atoms with Gasteiger partial charge in [0.25, 0.3) is 0 Å². The zero-order valence-corrected chi connectivity index (χ0v) is 12.5. The van der Waals surface area contributed by atoms with Crippen molar-refractivity contribution >= 4 is 5.97 Å². The van der Waals surface area contributed by atoms with E-state index in [1.54, 1.807) is 4.90 Å². The molecular formula is C15H31NO2. The molecule has 0 aliphatic carbocycles. The Kier molecular flexibility index (Phi) is 11.2. The molecule has 0 bridgehead atoms. The van der Waals surface area contributed by atoms with Gasteiger partial charge in [-0.25, -0.2) is 0 Å². The van der Waals surface area contributed by atoms with Crippen molar-refractivity contribution in [3.63, 3.8) is 0 Å². The van der Waals surface area contributed by atoms with E-state index in [0.717, 1.165) is 12.8 Å². The monoisotopic (exact) mass is 257 g/mol. The van der Waals surface area contributed by atoms with Crippen LogP contribution in [0.3, 0.4) is 0 Å². The fourth-order valence-corrected chi connectivity index (χ4v) is 2.25. The Bertz CT molecular complexity index is 205. The molecule has 0 radical (unpaired) electrons. The van der Waals surface area contributed by atoms with E-state index in [1.165, 1.54) is 51.4 Å². The third-order valence-electron chi connectivity index (χ3n) is 3.49. The second kappa shape index (κ2) is 11.5. The third kappa shape index (κ3) is 9.46. The van der Waals surface area contributed by atoms with Crippen molar-refractivity contribution in [3.05, 3.63) is 0 Å². The first-order valence-electron chi connectivity index (χ1n) is 7.48. The molecule has 0 rings (SSSR count). The summed E-state index contributed by atoms with van der Waals surface area (Å²) >= 11 is 0. The molecule has 0 spiro atoms. The number of hydrogen-bond acceptors (Lipinski definition) is 2. The normalized spacial score (nSPS) is 12.9. The molecule has 3 nitrogen and oxygen atoms in total. The number of carbonyl (C=O) groups is 1. The molecule has 0 aliphatic rings. The summed E-state index contributed by atoms with van der Waals surface area (Å²) in [6.07, 6.45) is 12.3. The summed E-state index contributed by atoms with van der Waals surface area (Å²) < 4.78 is 0. The highest BCUT2D eigenvalue weighted by Crippen LogP contribution is 2.12. The Hall–Kier alpha value is -0.570. The average Bonchev–Trinajstić information content (AvgIpc) is 2.30. The van der Waals surface area contributed by atoms with E-state index in [9.17, 15) is 4.79 Å². The molecule has 1 N–H and O–H groups in total. The number of hydrogen-bond donors (Lipinski definition) is 1. The third-order valence-corrected chi connectivity index (χ3v) is 3.49. The van der Waals surface area contributed by atoms with E-state index in [1.807, 2.05) is 14.1 Å². The summed E-state index contributed by atoms with van der Waals surface area (Å²) in [6, 6.07) is -0.311. The number of rotatable bonds is 12. The van der Waals surface area contributed by atoms with Crippen molar-refractivity contribution in [1.29, 1.82) is 0 Å². The maximum Gasteiger partial charge on any atom is 0.320 e. The van der Waals surface area contributed by atoms with Crippen LogP contribution in [-0.2, 0) is 4.79 Å². The maximum absolute atomic E-state index is 11.0. The smallest absolute Gasteiger partial charge is 0.320 e. The lowest BCUT2D eigenvalue weighted by Gasteiger charge is -2.19. The lowest BCUT2D eigenvalue weighted by molar-refractivity contribution is -0.142. The Morgan fingerprint density at radius 1 is 0.944 bits per heavy atom. The molecule has 0 fully saturated rings. The van der Waals surface area contributed by atoms with Crippen LogP contribution in [0.1, 0.15) is 71.1 Å². The first-order valence-corrected chi connectivity index (χ1v) is 7.48. The van der Waals surface area contributed by atoms with Gasteiger partial charge in [-0.05, 0) is 20.5 Å². The van der Waals surface area contributed by atoms with Crippen LogP contribution in [-0.4, -0.2) is 36.1 Å². The summed E-state index contributed by atoms with van der Waals surface area (Å²) in [5, 5.41) is 9.03. The average molecular weight is 257 g/mol. The van der Waals surface area contributed by atoms with Gasteiger partial charge in [-0.3, -0.25) is 9.69 Å². The van der Waals surface area contributed by atoms with Crippen LogP contribution < -0.4 is 0 Å². The van der Waals surface area contributed by atoms with Crippen LogP contribution in [0.4, 0.5) is 0 Å². The van der Waals surface area contributed by atoms with Crippen molar-refractivity contribution in [1.82, 2.24) is 4.90 Å². The molecule has 1 unspecified atom stereocenters. The van der Waals surface area contributed by atoms with Crippen molar-refractivity contribution in [2.45, 2.75) is 77.2 Å². The van der Waals surface area contributed by atoms with Gasteiger partial charge in [-0.15, -0.1) is 0 Å². The standard InChI is InChI=1S/C15H31NO2/c1-4-5-6-7-8-9-10-11-12-13-14(15(17)18)16(2)3/h14H,4-13H2,1-3H3,(H,17,18). The van der Waals surface area contributed by atoms with Crippen molar-refractivity contribution < 1.29 is 9.90 Å². The minimum atomic E-state index is -0.695. The quantitative estimate of drug-likeness (QED) is 0.539. The molecule has 1 atom stereocenters. The Morgan fingerprint density at radius 2 is 1.39 bits per heavy atom. The summed E-state index contributed by atoms with van der Waals surface area (Å²) in [7, 11) is 3.68. The minimum Gasteiger partial charge on any atom is -0.480 e. The fourth-order valence-electron chi connectivity index (χ4n) is 2.25. The molecule has 0 saturated heterocycles. The van der Waals surface area contributed by atoms with Crippen LogP contribution in [0.15, 0.2) is 0 Å². The molecule has 0 aromatic carbocycles. The Labute approximate surface area is 113 Å². The predicted octanol–water partition coefficient (Wildman–Crippen LogP) is 3.92. The molecule has 0 aliphatic heterocycles. The SMILES string of the molecule is CCCCCCCCCCCC(C(=O)O)N(C)C. The Morgan fingerprint density at radius 3 is 1.78 bits per heavy atom. The van der Waals surface area contributed by atoms with Gasteiger partial charge in [0.05, 0.1) is 0 Å². The van der Waals surface area contributed by atoms with Gasteiger partial charge in [0.2, 0.25) is 0 Å². The lowest BCUT2D eigenvalue weighted by Crippen LogP contribution is -2.35. The van der Waals surface area contributed by atoms with E-state index in [2.05, 4.69) is 6.92 Å². The number of unbranched alkanes of at least 4 members (excludes halogenated alkanes) is 8. The van der Waals surface area contributed by atoms with E-state index in [0.29, 0.717) is 0 Å². The molecule has 0 saturated carbocycles. The first kappa shape index (κ1) is 17.4. The van der Waals surface area contributed by atoms with Gasteiger partial charge >= 0.3 is 5.97 Å².